The van der Waals surface area contributed by atoms with E-state index in [1.54, 1.807) is 0 Å². The molecule has 0 spiro atoms. The van der Waals surface area contributed by atoms with Gasteiger partial charge in [-0.05, 0) is 50.0 Å². The Balaban J connectivity index is 1.95. The monoisotopic (exact) mass is 268 g/mol. The van der Waals surface area contributed by atoms with E-state index in [2.05, 4.69) is 11.8 Å². The minimum Gasteiger partial charge on any atom is -0.396 e. The molecule has 2 fully saturated rings. The third-order valence-electron chi connectivity index (χ3n) is 5.35. The molecule has 2 unspecified atom stereocenters. The minimum absolute atomic E-state index is 0.315. The van der Waals surface area contributed by atoms with Crippen molar-refractivity contribution in [1.29, 1.82) is 0 Å². The Morgan fingerprint density at radius 2 is 2.05 bits per heavy atom. The lowest BCUT2D eigenvalue weighted by atomic mass is 9.69. The molecule has 3 nitrogen and oxygen atoms in total. The van der Waals surface area contributed by atoms with Gasteiger partial charge < -0.3 is 10.8 Å². The maximum absolute atomic E-state index is 9.11. The number of hydrogen-bond donors (Lipinski definition) is 2. The number of aliphatic hydroxyl groups is 1. The highest BCUT2D eigenvalue weighted by Crippen LogP contribution is 2.40. The highest BCUT2D eigenvalue weighted by atomic mass is 16.3. The Kier molecular flexibility index (Phi) is 5.67. The Morgan fingerprint density at radius 3 is 2.58 bits per heavy atom. The van der Waals surface area contributed by atoms with Gasteiger partial charge in [-0.25, -0.2) is 0 Å². The molecule has 2 atom stereocenters. The van der Waals surface area contributed by atoms with Crippen LogP contribution in [-0.2, 0) is 0 Å². The Labute approximate surface area is 118 Å². The van der Waals surface area contributed by atoms with Gasteiger partial charge in [-0.3, -0.25) is 4.90 Å². The van der Waals surface area contributed by atoms with Crippen molar-refractivity contribution in [3.63, 3.8) is 0 Å². The zero-order valence-corrected chi connectivity index (χ0v) is 12.6. The second-order valence-corrected chi connectivity index (χ2v) is 7.04. The van der Waals surface area contributed by atoms with Gasteiger partial charge in [0.1, 0.15) is 0 Å². The van der Waals surface area contributed by atoms with E-state index in [1.807, 2.05) is 0 Å². The van der Waals surface area contributed by atoms with E-state index in [1.165, 1.54) is 51.5 Å². The lowest BCUT2D eigenvalue weighted by Gasteiger charge is -2.47. The van der Waals surface area contributed by atoms with E-state index in [0.717, 1.165) is 31.5 Å². The molecule has 0 heterocycles. The second-order valence-electron chi connectivity index (χ2n) is 7.04. The lowest BCUT2D eigenvalue weighted by molar-refractivity contribution is 0.0356. The molecular formula is C16H32N2O. The van der Waals surface area contributed by atoms with Gasteiger partial charge in [0.2, 0.25) is 0 Å². The van der Waals surface area contributed by atoms with Gasteiger partial charge in [-0.1, -0.05) is 26.2 Å². The number of rotatable bonds is 7. The summed E-state index contributed by atoms with van der Waals surface area (Å²) < 4.78 is 0. The normalized spacial score (nSPS) is 32.5. The maximum atomic E-state index is 9.11. The predicted molar refractivity (Wildman–Crippen MR) is 80.0 cm³/mol. The van der Waals surface area contributed by atoms with Crippen LogP contribution in [0.3, 0.4) is 0 Å². The van der Waals surface area contributed by atoms with Crippen LogP contribution in [0.4, 0.5) is 0 Å². The quantitative estimate of drug-likeness (QED) is 0.745. The van der Waals surface area contributed by atoms with Crippen LogP contribution in [0.2, 0.25) is 0 Å². The molecule has 0 bridgehead atoms. The largest absolute Gasteiger partial charge is 0.396 e. The molecule has 3 heteroatoms. The molecular weight excluding hydrogens is 236 g/mol. The smallest absolute Gasteiger partial charge is 0.0443 e. The van der Waals surface area contributed by atoms with Gasteiger partial charge >= 0.3 is 0 Å². The first-order valence-corrected chi connectivity index (χ1v) is 8.24. The van der Waals surface area contributed by atoms with E-state index in [4.69, 9.17) is 10.8 Å². The van der Waals surface area contributed by atoms with Crippen molar-refractivity contribution in [3.8, 4) is 0 Å². The summed E-state index contributed by atoms with van der Waals surface area (Å²) in [6.45, 7) is 5.75. The van der Waals surface area contributed by atoms with E-state index in [9.17, 15) is 0 Å². The van der Waals surface area contributed by atoms with Crippen molar-refractivity contribution in [2.75, 3.05) is 26.2 Å². The summed E-state index contributed by atoms with van der Waals surface area (Å²) in [6.07, 6.45) is 10.3. The van der Waals surface area contributed by atoms with Crippen LogP contribution >= 0.6 is 0 Å². The predicted octanol–water partition coefficient (Wildman–Crippen LogP) is 2.38. The second kappa shape index (κ2) is 7.05. The van der Waals surface area contributed by atoms with Crippen LogP contribution in [0, 0.1) is 11.3 Å². The lowest BCUT2D eigenvalue weighted by Crippen LogP contribution is -2.50. The van der Waals surface area contributed by atoms with Gasteiger partial charge in [-0.2, -0.15) is 0 Å². The maximum Gasteiger partial charge on any atom is 0.0443 e. The molecule has 0 saturated heterocycles. The number of hydrogen-bond acceptors (Lipinski definition) is 3. The van der Waals surface area contributed by atoms with Crippen LogP contribution in [0.15, 0.2) is 0 Å². The first-order valence-electron chi connectivity index (χ1n) is 8.24. The standard InChI is InChI=1S/C16H32N2O/c1-14-5-3-8-16(11-14,12-17)13-18(9-4-10-19)15-6-2-7-15/h14-15,19H,2-13,17H2,1H3. The average Bonchev–Trinajstić information content (AvgIpc) is 2.34. The molecule has 0 amide bonds. The molecule has 0 radical (unpaired) electrons. The molecule has 2 rings (SSSR count). The summed E-state index contributed by atoms with van der Waals surface area (Å²) in [5, 5.41) is 9.11. The van der Waals surface area contributed by atoms with Gasteiger partial charge in [0.25, 0.3) is 0 Å². The SMILES string of the molecule is CC1CCCC(CN)(CN(CCCO)C2CCC2)C1. The zero-order valence-electron chi connectivity index (χ0n) is 12.6. The van der Waals surface area contributed by atoms with E-state index in [-0.39, 0.29) is 0 Å². The van der Waals surface area contributed by atoms with Crippen molar-refractivity contribution >= 4 is 0 Å². The van der Waals surface area contributed by atoms with Gasteiger partial charge in [0, 0.05) is 25.7 Å². The number of aliphatic hydroxyl groups excluding tert-OH is 1. The van der Waals surface area contributed by atoms with Gasteiger partial charge in [0.05, 0.1) is 0 Å². The molecule has 112 valence electrons. The fourth-order valence-corrected chi connectivity index (χ4v) is 4.01. The first kappa shape index (κ1) is 15.3. The Bertz CT molecular complexity index is 267. The fraction of sp³-hybridized carbons (Fsp3) is 1.00. The third kappa shape index (κ3) is 3.93. The van der Waals surface area contributed by atoms with Gasteiger partial charge in [-0.15, -0.1) is 0 Å². The minimum atomic E-state index is 0.315. The van der Waals surface area contributed by atoms with Crippen molar-refractivity contribution in [3.05, 3.63) is 0 Å². The van der Waals surface area contributed by atoms with Crippen molar-refractivity contribution in [2.24, 2.45) is 17.1 Å². The van der Waals surface area contributed by atoms with Gasteiger partial charge in [0.15, 0.2) is 0 Å². The number of nitrogens with zero attached hydrogens (tertiary/aromatic N) is 1. The van der Waals surface area contributed by atoms with Crippen LogP contribution in [-0.4, -0.2) is 42.3 Å². The fourth-order valence-electron chi connectivity index (χ4n) is 4.01. The summed E-state index contributed by atoms with van der Waals surface area (Å²) in [5.74, 6) is 0.832. The summed E-state index contributed by atoms with van der Waals surface area (Å²) in [5.41, 5.74) is 6.51. The molecule has 2 saturated carbocycles. The average molecular weight is 268 g/mol. The van der Waals surface area contributed by atoms with Crippen LogP contribution in [0.5, 0.6) is 0 Å². The highest BCUT2D eigenvalue weighted by molar-refractivity contribution is 4.92. The zero-order chi connectivity index (χ0) is 13.7. The van der Waals surface area contributed by atoms with E-state index < -0.39 is 0 Å². The summed E-state index contributed by atoms with van der Waals surface area (Å²) in [6, 6.07) is 0.771. The molecule has 2 aliphatic carbocycles. The number of nitrogens with two attached hydrogens (primary N) is 1. The third-order valence-corrected chi connectivity index (χ3v) is 5.35. The van der Waals surface area contributed by atoms with Crippen molar-refractivity contribution in [2.45, 2.75) is 64.3 Å². The molecule has 3 N–H and O–H groups in total. The molecule has 0 aromatic rings. The Morgan fingerprint density at radius 1 is 1.26 bits per heavy atom. The van der Waals surface area contributed by atoms with Crippen molar-refractivity contribution < 1.29 is 5.11 Å². The summed E-state index contributed by atoms with van der Waals surface area (Å²) in [4.78, 5) is 2.64. The Hall–Kier alpha value is -0.120. The topological polar surface area (TPSA) is 49.5 Å². The highest BCUT2D eigenvalue weighted by Gasteiger charge is 2.37. The molecule has 0 aromatic heterocycles. The first-order chi connectivity index (χ1) is 9.19. The van der Waals surface area contributed by atoms with Crippen LogP contribution < -0.4 is 5.73 Å². The van der Waals surface area contributed by atoms with E-state index in [0.29, 0.717) is 12.0 Å². The molecule has 19 heavy (non-hydrogen) atoms. The van der Waals surface area contributed by atoms with Crippen LogP contribution in [0.1, 0.15) is 58.3 Å². The van der Waals surface area contributed by atoms with E-state index >= 15 is 0 Å². The summed E-state index contributed by atoms with van der Waals surface area (Å²) >= 11 is 0. The van der Waals surface area contributed by atoms with Crippen molar-refractivity contribution in [1.82, 2.24) is 4.90 Å². The molecule has 2 aliphatic rings. The summed E-state index contributed by atoms with van der Waals surface area (Å²) in [7, 11) is 0. The molecule has 0 aliphatic heterocycles. The van der Waals surface area contributed by atoms with Crippen LogP contribution in [0.25, 0.3) is 0 Å². The molecule has 0 aromatic carbocycles.